The van der Waals surface area contributed by atoms with E-state index in [1.807, 2.05) is 24.4 Å². The summed E-state index contributed by atoms with van der Waals surface area (Å²) in [6.45, 7) is 3.95. The van der Waals surface area contributed by atoms with Gasteiger partial charge in [-0.3, -0.25) is 4.79 Å². The Morgan fingerprint density at radius 3 is 2.64 bits per heavy atom. The van der Waals surface area contributed by atoms with Gasteiger partial charge in [-0.2, -0.15) is 0 Å². The molecule has 0 bridgehead atoms. The molecule has 2 aromatic rings. The Labute approximate surface area is 147 Å². The first-order valence-corrected chi connectivity index (χ1v) is 8.32. The number of hydrogen-bond donors (Lipinski definition) is 2. The van der Waals surface area contributed by atoms with Crippen LogP contribution in [0.1, 0.15) is 9.67 Å². The molecular weight excluding hydrogens is 388 g/mol. The van der Waals surface area contributed by atoms with Crippen molar-refractivity contribution in [2.75, 3.05) is 36.4 Å². The van der Waals surface area contributed by atoms with Crippen LogP contribution in [0.4, 0.5) is 11.5 Å². The number of piperazine rings is 1. The zero-order chi connectivity index (χ0) is 14.7. The molecule has 1 aliphatic rings. The summed E-state index contributed by atoms with van der Waals surface area (Å²) >= 11 is 4.75. The molecule has 8 heteroatoms. The van der Waals surface area contributed by atoms with E-state index in [0.717, 1.165) is 35.7 Å². The van der Waals surface area contributed by atoms with Crippen molar-refractivity contribution in [1.82, 2.24) is 10.3 Å². The molecule has 0 aliphatic carbocycles. The van der Waals surface area contributed by atoms with Crippen LogP contribution in [0.2, 0.25) is 0 Å². The highest BCUT2D eigenvalue weighted by Crippen LogP contribution is 2.23. The lowest BCUT2D eigenvalue weighted by atomic mass is 10.3. The zero-order valence-electron chi connectivity index (χ0n) is 11.7. The normalized spacial score (nSPS) is 14.3. The third-order valence-corrected chi connectivity index (χ3v) is 4.89. The van der Waals surface area contributed by atoms with E-state index in [-0.39, 0.29) is 18.3 Å². The van der Waals surface area contributed by atoms with E-state index in [0.29, 0.717) is 10.7 Å². The van der Waals surface area contributed by atoms with Gasteiger partial charge in [-0.05, 0) is 40.2 Å². The molecule has 1 fully saturated rings. The minimum absolute atomic E-state index is 0. The van der Waals surface area contributed by atoms with Crippen LogP contribution in [0, 0.1) is 0 Å². The third-order valence-electron chi connectivity index (χ3n) is 3.27. The number of amides is 1. The fraction of sp³-hybridized carbons (Fsp3) is 0.286. The number of thiophene rings is 1. The van der Waals surface area contributed by atoms with Crippen LogP contribution < -0.4 is 15.5 Å². The van der Waals surface area contributed by atoms with Gasteiger partial charge < -0.3 is 15.5 Å². The Morgan fingerprint density at radius 1 is 1.27 bits per heavy atom. The number of aromatic nitrogens is 1. The van der Waals surface area contributed by atoms with Gasteiger partial charge in [-0.15, -0.1) is 23.7 Å². The molecule has 0 saturated carbocycles. The second-order valence-corrected chi connectivity index (χ2v) is 7.16. The van der Waals surface area contributed by atoms with E-state index < -0.39 is 0 Å². The van der Waals surface area contributed by atoms with Crippen molar-refractivity contribution >= 4 is 57.1 Å². The molecule has 118 valence electrons. The van der Waals surface area contributed by atoms with E-state index >= 15 is 0 Å². The van der Waals surface area contributed by atoms with Gasteiger partial charge in [0.15, 0.2) is 0 Å². The highest BCUT2D eigenvalue weighted by atomic mass is 79.9. The van der Waals surface area contributed by atoms with Crippen molar-refractivity contribution in [3.05, 3.63) is 39.1 Å². The minimum Gasteiger partial charge on any atom is -0.368 e. The molecule has 22 heavy (non-hydrogen) atoms. The molecular formula is C14H16BrClN4OS. The van der Waals surface area contributed by atoms with Crippen molar-refractivity contribution in [2.24, 2.45) is 0 Å². The predicted molar refractivity (Wildman–Crippen MR) is 96.5 cm³/mol. The Kier molecular flexibility index (Phi) is 6.19. The van der Waals surface area contributed by atoms with Gasteiger partial charge in [0.2, 0.25) is 0 Å². The summed E-state index contributed by atoms with van der Waals surface area (Å²) < 4.78 is 0.940. The first-order chi connectivity index (χ1) is 10.2. The maximum absolute atomic E-state index is 12.0. The minimum atomic E-state index is -0.131. The zero-order valence-corrected chi connectivity index (χ0v) is 14.9. The maximum atomic E-state index is 12.0. The molecule has 3 rings (SSSR count). The lowest BCUT2D eigenvalue weighted by Crippen LogP contribution is -2.43. The molecule has 0 radical (unpaired) electrons. The second kappa shape index (κ2) is 7.92. The van der Waals surface area contributed by atoms with Crippen LogP contribution >= 0.6 is 39.7 Å². The van der Waals surface area contributed by atoms with Crippen molar-refractivity contribution < 1.29 is 4.79 Å². The Balaban J connectivity index is 0.00000176. The van der Waals surface area contributed by atoms with Gasteiger partial charge in [0.05, 0.1) is 20.5 Å². The monoisotopic (exact) mass is 402 g/mol. The third kappa shape index (κ3) is 4.19. The Hall–Kier alpha value is -1.15. The van der Waals surface area contributed by atoms with E-state index in [2.05, 4.69) is 36.4 Å². The molecule has 5 nitrogen and oxygen atoms in total. The van der Waals surface area contributed by atoms with Gasteiger partial charge in [-0.25, -0.2) is 4.98 Å². The lowest BCUT2D eigenvalue weighted by Gasteiger charge is -2.29. The van der Waals surface area contributed by atoms with Crippen LogP contribution in [-0.4, -0.2) is 37.1 Å². The predicted octanol–water partition coefficient (Wildman–Crippen LogP) is 2.99. The van der Waals surface area contributed by atoms with Crippen molar-refractivity contribution in [2.45, 2.75) is 0 Å². The standard InChI is InChI=1S/C14H15BrN4OS.ClH/c15-12-3-2-11(21-12)14(20)18-13-4-1-10(9-17-13)19-7-5-16-6-8-19;/h1-4,9,16H,5-8H2,(H,17,18,20);1H. The van der Waals surface area contributed by atoms with Crippen LogP contribution in [0.15, 0.2) is 34.2 Å². The number of pyridine rings is 1. The molecule has 0 aromatic carbocycles. The fourth-order valence-electron chi connectivity index (χ4n) is 2.18. The number of rotatable bonds is 3. The van der Waals surface area contributed by atoms with Gasteiger partial charge >= 0.3 is 0 Å². The van der Waals surface area contributed by atoms with Gasteiger partial charge in [-0.1, -0.05) is 0 Å². The SMILES string of the molecule is Cl.O=C(Nc1ccc(N2CCNCC2)cn1)c1ccc(Br)s1. The number of nitrogens with zero attached hydrogens (tertiary/aromatic N) is 2. The average molecular weight is 404 g/mol. The maximum Gasteiger partial charge on any atom is 0.266 e. The number of halogens is 2. The van der Waals surface area contributed by atoms with Crippen LogP contribution in [-0.2, 0) is 0 Å². The number of nitrogens with one attached hydrogen (secondary N) is 2. The van der Waals surface area contributed by atoms with Gasteiger partial charge in [0.25, 0.3) is 5.91 Å². The first-order valence-electron chi connectivity index (χ1n) is 6.71. The quantitative estimate of drug-likeness (QED) is 0.827. The highest BCUT2D eigenvalue weighted by Gasteiger charge is 2.12. The number of anilines is 2. The van der Waals surface area contributed by atoms with E-state index in [4.69, 9.17) is 0 Å². The van der Waals surface area contributed by atoms with Gasteiger partial charge in [0.1, 0.15) is 5.82 Å². The number of hydrogen-bond acceptors (Lipinski definition) is 5. The first kappa shape index (κ1) is 17.2. The molecule has 3 heterocycles. The fourth-order valence-corrected chi connectivity index (χ4v) is 3.47. The number of carbonyl (C=O) groups excluding carboxylic acids is 1. The van der Waals surface area contributed by atoms with Gasteiger partial charge in [0, 0.05) is 26.2 Å². The summed E-state index contributed by atoms with van der Waals surface area (Å²) in [5.74, 6) is 0.441. The molecule has 2 N–H and O–H groups in total. The molecule has 0 spiro atoms. The summed E-state index contributed by atoms with van der Waals surface area (Å²) in [4.78, 5) is 19.3. The molecule has 0 atom stereocenters. The average Bonchev–Trinajstić information content (AvgIpc) is 2.96. The Bertz CT molecular complexity index is 628. The summed E-state index contributed by atoms with van der Waals surface area (Å²) in [5, 5.41) is 6.13. The molecule has 1 amide bonds. The van der Waals surface area contributed by atoms with Crippen LogP contribution in [0.3, 0.4) is 0 Å². The highest BCUT2D eigenvalue weighted by molar-refractivity contribution is 9.11. The summed E-state index contributed by atoms with van der Waals surface area (Å²) in [6, 6.07) is 7.50. The van der Waals surface area contributed by atoms with E-state index in [9.17, 15) is 4.79 Å². The topological polar surface area (TPSA) is 57.3 Å². The number of carbonyl (C=O) groups is 1. The smallest absolute Gasteiger partial charge is 0.266 e. The van der Waals surface area contributed by atoms with Crippen LogP contribution in [0.5, 0.6) is 0 Å². The molecule has 1 saturated heterocycles. The van der Waals surface area contributed by atoms with E-state index in [1.54, 1.807) is 6.07 Å². The van der Waals surface area contributed by atoms with E-state index in [1.165, 1.54) is 11.3 Å². The summed E-state index contributed by atoms with van der Waals surface area (Å²) in [6.07, 6.45) is 1.81. The Morgan fingerprint density at radius 2 is 2.05 bits per heavy atom. The summed E-state index contributed by atoms with van der Waals surface area (Å²) in [7, 11) is 0. The second-order valence-electron chi connectivity index (χ2n) is 4.70. The lowest BCUT2D eigenvalue weighted by molar-refractivity contribution is 0.103. The van der Waals surface area contributed by atoms with Crippen molar-refractivity contribution in [3.63, 3.8) is 0 Å². The summed E-state index contributed by atoms with van der Waals surface area (Å²) in [5.41, 5.74) is 1.09. The largest absolute Gasteiger partial charge is 0.368 e. The van der Waals surface area contributed by atoms with Crippen molar-refractivity contribution in [3.8, 4) is 0 Å². The molecule has 2 aromatic heterocycles. The van der Waals surface area contributed by atoms with Crippen molar-refractivity contribution in [1.29, 1.82) is 0 Å². The van der Waals surface area contributed by atoms with Crippen LogP contribution in [0.25, 0.3) is 0 Å². The molecule has 0 unspecified atom stereocenters. The molecule has 1 aliphatic heterocycles.